The van der Waals surface area contributed by atoms with Crippen molar-refractivity contribution in [1.82, 2.24) is 4.57 Å². The van der Waals surface area contributed by atoms with Crippen LogP contribution in [-0.2, 0) is 11.4 Å². The number of allylic oxidation sites excluding steroid dienone is 1. The fourth-order valence-electron chi connectivity index (χ4n) is 4.26. The van der Waals surface area contributed by atoms with Crippen molar-refractivity contribution in [1.29, 1.82) is 0 Å². The summed E-state index contributed by atoms with van der Waals surface area (Å²) in [7, 11) is 0. The van der Waals surface area contributed by atoms with E-state index in [1.54, 1.807) is 12.1 Å². The summed E-state index contributed by atoms with van der Waals surface area (Å²) in [5, 5.41) is 6.78. The zero-order valence-electron chi connectivity index (χ0n) is 15.9. The van der Waals surface area contributed by atoms with Crippen LogP contribution in [0.4, 0.5) is 0 Å². The Labute approximate surface area is 168 Å². The molecule has 4 nitrogen and oxygen atoms in total. The summed E-state index contributed by atoms with van der Waals surface area (Å²) in [6.07, 6.45) is 2.65. The first-order chi connectivity index (χ1) is 14.3. The van der Waals surface area contributed by atoms with Crippen LogP contribution in [0.1, 0.15) is 22.3 Å². The first kappa shape index (κ1) is 17.4. The average molecular weight is 380 g/mol. The lowest BCUT2D eigenvalue weighted by Gasteiger charge is -2.26. The van der Waals surface area contributed by atoms with Gasteiger partial charge in [0.25, 0.3) is 0 Å². The third kappa shape index (κ3) is 2.85. The van der Waals surface area contributed by atoms with Gasteiger partial charge in [-0.3, -0.25) is 0 Å². The molecule has 3 aromatic carbocycles. The van der Waals surface area contributed by atoms with Gasteiger partial charge in [0.2, 0.25) is 0 Å². The molecule has 0 bridgehead atoms. The minimum atomic E-state index is -0.450. The van der Waals surface area contributed by atoms with Crippen molar-refractivity contribution in [2.75, 3.05) is 0 Å². The second-order valence-corrected chi connectivity index (χ2v) is 7.27. The summed E-state index contributed by atoms with van der Waals surface area (Å²) >= 11 is 0. The van der Waals surface area contributed by atoms with Gasteiger partial charge in [0.1, 0.15) is 0 Å². The Morgan fingerprint density at radius 1 is 1.03 bits per heavy atom. The highest BCUT2D eigenvalue weighted by atomic mass is 16.7. The second-order valence-electron chi connectivity index (χ2n) is 7.27. The minimum absolute atomic E-state index is 0.0879. The SMILES string of the molecule is C=CCC1Cn2c3ccccc3c3cccc(c32)/C1=N/OC(=O)c1ccccc1. The number of benzene rings is 3. The van der Waals surface area contributed by atoms with Crippen LogP contribution in [0.25, 0.3) is 21.8 Å². The molecule has 0 spiro atoms. The molecule has 1 aliphatic heterocycles. The average Bonchev–Trinajstić information content (AvgIpc) is 3.09. The largest absolute Gasteiger partial charge is 0.365 e. The lowest BCUT2D eigenvalue weighted by Crippen LogP contribution is -2.27. The van der Waals surface area contributed by atoms with Crippen LogP contribution < -0.4 is 0 Å². The van der Waals surface area contributed by atoms with Crippen LogP contribution in [-0.4, -0.2) is 16.2 Å². The molecule has 0 N–H and O–H groups in total. The topological polar surface area (TPSA) is 43.6 Å². The van der Waals surface area contributed by atoms with Crippen molar-refractivity contribution in [3.63, 3.8) is 0 Å². The highest BCUT2D eigenvalue weighted by Gasteiger charge is 2.29. The summed E-state index contributed by atoms with van der Waals surface area (Å²) in [5.41, 5.74) is 4.65. The predicted molar refractivity (Wildman–Crippen MR) is 116 cm³/mol. The van der Waals surface area contributed by atoms with E-state index in [0.717, 1.165) is 29.8 Å². The lowest BCUT2D eigenvalue weighted by molar-refractivity contribution is 0.0514. The summed E-state index contributed by atoms with van der Waals surface area (Å²) in [6, 6.07) is 23.6. The Morgan fingerprint density at radius 3 is 2.62 bits per heavy atom. The smallest absolute Gasteiger partial charge is 0.339 e. The number of rotatable bonds is 4. The van der Waals surface area contributed by atoms with Gasteiger partial charge in [0.15, 0.2) is 0 Å². The van der Waals surface area contributed by atoms with Gasteiger partial charge >= 0.3 is 5.97 Å². The fraction of sp³-hybridized carbons (Fsp3) is 0.120. The van der Waals surface area contributed by atoms with Crippen LogP contribution >= 0.6 is 0 Å². The van der Waals surface area contributed by atoms with Gasteiger partial charge in [-0.15, -0.1) is 6.58 Å². The van der Waals surface area contributed by atoms with Crippen molar-refractivity contribution in [3.05, 3.63) is 96.6 Å². The van der Waals surface area contributed by atoms with Gasteiger partial charge in [-0.25, -0.2) is 4.79 Å². The minimum Gasteiger partial charge on any atom is -0.339 e. The van der Waals surface area contributed by atoms with E-state index in [4.69, 9.17) is 4.84 Å². The fourth-order valence-corrected chi connectivity index (χ4v) is 4.26. The van der Waals surface area contributed by atoms with Gasteiger partial charge in [-0.05, 0) is 24.6 Å². The molecule has 4 aromatic rings. The van der Waals surface area contributed by atoms with E-state index < -0.39 is 5.97 Å². The van der Waals surface area contributed by atoms with Crippen molar-refractivity contribution in [2.24, 2.45) is 11.1 Å². The standard InChI is InChI=1S/C25H20N2O2/c1-2-9-18-16-27-22-15-7-6-12-19(22)20-13-8-14-21(24(20)27)23(18)26-29-25(28)17-10-4-3-5-11-17/h2-8,10-15,18H,1,9,16H2/b26-23+. The Balaban J connectivity index is 1.65. The number of nitrogens with zero attached hydrogens (tertiary/aromatic N) is 2. The van der Waals surface area contributed by atoms with Gasteiger partial charge in [-0.2, -0.15) is 0 Å². The molecule has 0 aliphatic carbocycles. The Hall–Kier alpha value is -3.66. The molecule has 142 valence electrons. The molecule has 29 heavy (non-hydrogen) atoms. The number of hydrogen-bond donors (Lipinski definition) is 0. The molecule has 1 aromatic heterocycles. The van der Waals surface area contributed by atoms with Gasteiger partial charge < -0.3 is 9.40 Å². The molecule has 1 aliphatic rings. The third-order valence-electron chi connectivity index (χ3n) is 5.54. The van der Waals surface area contributed by atoms with Crippen LogP contribution in [0.2, 0.25) is 0 Å². The summed E-state index contributed by atoms with van der Waals surface area (Å²) in [6.45, 7) is 4.69. The highest BCUT2D eigenvalue weighted by Crippen LogP contribution is 2.37. The molecule has 1 atom stereocenters. The Bertz CT molecular complexity index is 1270. The van der Waals surface area contributed by atoms with Crippen molar-refractivity contribution >= 4 is 33.5 Å². The second kappa shape index (κ2) is 7.06. The molecule has 0 saturated heterocycles. The van der Waals surface area contributed by atoms with Gasteiger partial charge in [0, 0.05) is 34.3 Å². The normalized spacial score (nSPS) is 17.0. The molecule has 0 fully saturated rings. The number of carbonyl (C=O) groups excluding carboxylic acids is 1. The summed E-state index contributed by atoms with van der Waals surface area (Å²) in [4.78, 5) is 17.8. The van der Waals surface area contributed by atoms with E-state index in [1.165, 1.54) is 16.3 Å². The zero-order valence-corrected chi connectivity index (χ0v) is 15.9. The molecule has 4 heteroatoms. The molecule has 2 heterocycles. The van der Waals surface area contributed by atoms with E-state index in [0.29, 0.717) is 5.56 Å². The van der Waals surface area contributed by atoms with Crippen LogP contribution in [0.15, 0.2) is 90.6 Å². The lowest BCUT2D eigenvalue weighted by atomic mass is 9.89. The van der Waals surface area contributed by atoms with Gasteiger partial charge in [0.05, 0.1) is 16.8 Å². The number of carbonyl (C=O) groups is 1. The molecular formula is C25H20N2O2. The third-order valence-corrected chi connectivity index (χ3v) is 5.54. The number of oxime groups is 1. The van der Waals surface area contributed by atoms with Crippen LogP contribution in [0.3, 0.4) is 0 Å². The molecule has 5 rings (SSSR count). The molecule has 0 amide bonds. The Morgan fingerprint density at radius 2 is 1.79 bits per heavy atom. The Kier molecular flexibility index (Phi) is 4.24. The van der Waals surface area contributed by atoms with Crippen LogP contribution in [0.5, 0.6) is 0 Å². The quantitative estimate of drug-likeness (QED) is 0.264. The molecule has 0 saturated carbocycles. The molecular weight excluding hydrogens is 360 g/mol. The number of fused-ring (bicyclic) bond motifs is 3. The van der Waals surface area contributed by atoms with E-state index in [-0.39, 0.29) is 5.92 Å². The maximum absolute atomic E-state index is 12.4. The van der Waals surface area contributed by atoms with Crippen LogP contribution in [0, 0.1) is 5.92 Å². The maximum atomic E-state index is 12.4. The van der Waals surface area contributed by atoms with E-state index >= 15 is 0 Å². The van der Waals surface area contributed by atoms with E-state index in [9.17, 15) is 4.79 Å². The highest BCUT2D eigenvalue weighted by molar-refractivity contribution is 6.19. The molecule has 0 radical (unpaired) electrons. The summed E-state index contributed by atoms with van der Waals surface area (Å²) < 4.78 is 2.35. The first-order valence-corrected chi connectivity index (χ1v) is 9.73. The van der Waals surface area contributed by atoms with Crippen molar-refractivity contribution in [2.45, 2.75) is 13.0 Å². The number of aromatic nitrogens is 1. The molecule has 1 unspecified atom stereocenters. The number of para-hydroxylation sites is 2. The van der Waals surface area contributed by atoms with Crippen molar-refractivity contribution in [3.8, 4) is 0 Å². The summed E-state index contributed by atoms with van der Waals surface area (Å²) in [5.74, 6) is -0.362. The first-order valence-electron chi connectivity index (χ1n) is 9.73. The van der Waals surface area contributed by atoms with E-state index in [1.807, 2.05) is 30.3 Å². The van der Waals surface area contributed by atoms with Gasteiger partial charge in [-0.1, -0.05) is 65.8 Å². The van der Waals surface area contributed by atoms with Crippen molar-refractivity contribution < 1.29 is 9.63 Å². The van der Waals surface area contributed by atoms with E-state index in [2.05, 4.69) is 52.7 Å². The monoisotopic (exact) mass is 380 g/mol. The zero-order chi connectivity index (χ0) is 19.8. The maximum Gasteiger partial charge on any atom is 0.365 e. The predicted octanol–water partition coefficient (Wildman–Crippen LogP) is 5.56. The number of hydrogen-bond acceptors (Lipinski definition) is 3.